The van der Waals surface area contributed by atoms with Crippen LogP contribution in [0.1, 0.15) is 32.4 Å². The molecule has 0 aromatic heterocycles. The van der Waals surface area contributed by atoms with Crippen LogP contribution in [0.5, 0.6) is 0 Å². The lowest BCUT2D eigenvalue weighted by Crippen LogP contribution is -2.41. The number of carbonyl (C=O) groups excluding carboxylic acids is 2. The highest BCUT2D eigenvalue weighted by Crippen LogP contribution is 2.24. The van der Waals surface area contributed by atoms with E-state index in [1.807, 2.05) is 0 Å². The molecular formula is C14H17BrFNO3. The van der Waals surface area contributed by atoms with Crippen LogP contribution in [-0.2, 0) is 14.3 Å². The van der Waals surface area contributed by atoms with E-state index >= 15 is 0 Å². The predicted octanol–water partition coefficient (Wildman–Crippen LogP) is 2.96. The Morgan fingerprint density at radius 1 is 1.35 bits per heavy atom. The maximum atomic E-state index is 14.0. The maximum Gasteiger partial charge on any atom is 0.333 e. The number of hydrogen-bond donors (Lipinski definition) is 1. The molecule has 1 atom stereocenters. The van der Waals surface area contributed by atoms with E-state index in [2.05, 4.69) is 26.0 Å². The summed E-state index contributed by atoms with van der Waals surface area (Å²) in [4.78, 5) is 23.8. The largest absolute Gasteiger partial charge is 0.467 e. The van der Waals surface area contributed by atoms with Gasteiger partial charge in [-0.05, 0) is 12.1 Å². The van der Waals surface area contributed by atoms with Crippen LogP contribution in [0.2, 0.25) is 0 Å². The highest BCUT2D eigenvalue weighted by molar-refractivity contribution is 9.10. The fourth-order valence-electron chi connectivity index (χ4n) is 1.46. The third-order valence-electron chi connectivity index (χ3n) is 2.67. The summed E-state index contributed by atoms with van der Waals surface area (Å²) >= 11 is 3.14. The minimum atomic E-state index is -1.17. The topological polar surface area (TPSA) is 55.4 Å². The smallest absolute Gasteiger partial charge is 0.333 e. The molecule has 0 unspecified atom stereocenters. The Bertz CT molecular complexity index is 526. The molecule has 20 heavy (non-hydrogen) atoms. The first-order valence-corrected chi connectivity index (χ1v) is 6.80. The molecule has 0 aliphatic heterocycles. The normalized spacial score (nSPS) is 12.7. The number of rotatable bonds is 3. The minimum Gasteiger partial charge on any atom is -0.467 e. The molecule has 0 bridgehead atoms. The number of hydrogen-bond acceptors (Lipinski definition) is 3. The van der Waals surface area contributed by atoms with E-state index in [9.17, 15) is 14.0 Å². The molecule has 4 nitrogen and oxygen atoms in total. The van der Waals surface area contributed by atoms with E-state index in [4.69, 9.17) is 0 Å². The number of halogens is 2. The van der Waals surface area contributed by atoms with E-state index < -0.39 is 23.2 Å². The number of carbonyl (C=O) groups is 2. The number of esters is 1. The van der Waals surface area contributed by atoms with Crippen LogP contribution in [0, 0.1) is 11.2 Å². The minimum absolute atomic E-state index is 0.0673. The van der Waals surface area contributed by atoms with Gasteiger partial charge in [-0.25, -0.2) is 9.18 Å². The summed E-state index contributed by atoms with van der Waals surface area (Å²) in [6, 6.07) is 3.09. The quantitative estimate of drug-likeness (QED) is 0.857. The molecule has 6 heteroatoms. The molecule has 0 fully saturated rings. The standard InChI is InChI=1S/C14H17BrFNO3/c1-14(2,3)13(19)17-11(12(18)20-4)9-6-5-8(15)7-10(9)16/h5-7,11H,1-4H3,(H,17,19)/t11-/m1/s1. The van der Waals surface area contributed by atoms with Gasteiger partial charge >= 0.3 is 5.97 Å². The van der Waals surface area contributed by atoms with Crippen molar-refractivity contribution < 1.29 is 18.7 Å². The summed E-state index contributed by atoms with van der Waals surface area (Å²) in [7, 11) is 1.19. The molecule has 0 radical (unpaired) electrons. The Morgan fingerprint density at radius 3 is 2.40 bits per heavy atom. The molecule has 0 saturated heterocycles. The highest BCUT2D eigenvalue weighted by atomic mass is 79.9. The van der Waals surface area contributed by atoms with Gasteiger partial charge in [0.15, 0.2) is 6.04 Å². The molecule has 1 N–H and O–H groups in total. The van der Waals surface area contributed by atoms with E-state index in [1.54, 1.807) is 26.8 Å². The maximum absolute atomic E-state index is 14.0. The van der Waals surface area contributed by atoms with Crippen molar-refractivity contribution in [2.75, 3.05) is 7.11 Å². The molecular weight excluding hydrogens is 329 g/mol. The van der Waals surface area contributed by atoms with Gasteiger partial charge in [0.25, 0.3) is 0 Å². The van der Waals surface area contributed by atoms with Crippen LogP contribution in [0.25, 0.3) is 0 Å². The Kier molecular flexibility index (Phi) is 5.28. The summed E-state index contributed by atoms with van der Waals surface area (Å²) in [5.74, 6) is -1.68. The van der Waals surface area contributed by atoms with E-state index in [-0.39, 0.29) is 11.5 Å². The third kappa shape index (κ3) is 4.03. The molecule has 1 rings (SSSR count). The summed E-state index contributed by atoms with van der Waals surface area (Å²) in [6.07, 6.45) is 0. The number of amides is 1. The van der Waals surface area contributed by atoms with E-state index in [1.165, 1.54) is 19.2 Å². The summed E-state index contributed by atoms with van der Waals surface area (Å²) in [5, 5.41) is 2.52. The lowest BCUT2D eigenvalue weighted by Gasteiger charge is -2.23. The molecule has 110 valence electrons. The van der Waals surface area contributed by atoms with Crippen LogP contribution in [-0.4, -0.2) is 19.0 Å². The van der Waals surface area contributed by atoms with Crippen LogP contribution < -0.4 is 5.32 Å². The van der Waals surface area contributed by atoms with Gasteiger partial charge in [0.1, 0.15) is 5.82 Å². The molecule has 1 aromatic rings. The van der Waals surface area contributed by atoms with Crippen molar-refractivity contribution in [2.45, 2.75) is 26.8 Å². The van der Waals surface area contributed by atoms with Gasteiger partial charge in [0.2, 0.25) is 5.91 Å². The van der Waals surface area contributed by atoms with Crippen LogP contribution in [0.3, 0.4) is 0 Å². The second kappa shape index (κ2) is 6.35. The Labute approximate surface area is 125 Å². The zero-order valence-corrected chi connectivity index (χ0v) is 13.4. The van der Waals surface area contributed by atoms with Crippen molar-refractivity contribution in [3.8, 4) is 0 Å². The Hall–Kier alpha value is -1.43. The molecule has 0 aliphatic carbocycles. The zero-order chi connectivity index (χ0) is 15.5. The molecule has 1 amide bonds. The van der Waals surface area contributed by atoms with Crippen molar-refractivity contribution in [1.29, 1.82) is 0 Å². The lowest BCUT2D eigenvalue weighted by atomic mass is 9.94. The predicted molar refractivity (Wildman–Crippen MR) is 76.5 cm³/mol. The molecule has 0 heterocycles. The van der Waals surface area contributed by atoms with Gasteiger partial charge in [-0.2, -0.15) is 0 Å². The van der Waals surface area contributed by atoms with Crippen LogP contribution >= 0.6 is 15.9 Å². The van der Waals surface area contributed by atoms with E-state index in [0.717, 1.165) is 0 Å². The molecule has 0 saturated carbocycles. The molecule has 1 aromatic carbocycles. The van der Waals surface area contributed by atoms with Gasteiger partial charge in [-0.3, -0.25) is 4.79 Å². The summed E-state index contributed by atoms with van der Waals surface area (Å²) in [5.41, 5.74) is -0.629. The van der Waals surface area contributed by atoms with Crippen molar-refractivity contribution in [3.05, 3.63) is 34.1 Å². The summed E-state index contributed by atoms with van der Waals surface area (Å²) in [6.45, 7) is 5.11. The molecule has 0 spiro atoms. The van der Waals surface area contributed by atoms with Crippen LogP contribution in [0.4, 0.5) is 4.39 Å². The van der Waals surface area contributed by atoms with Crippen molar-refractivity contribution >= 4 is 27.8 Å². The van der Waals surface area contributed by atoms with Gasteiger partial charge in [0.05, 0.1) is 7.11 Å². The van der Waals surface area contributed by atoms with Gasteiger partial charge in [0, 0.05) is 15.5 Å². The van der Waals surface area contributed by atoms with Crippen molar-refractivity contribution in [1.82, 2.24) is 5.32 Å². The van der Waals surface area contributed by atoms with Crippen LogP contribution in [0.15, 0.2) is 22.7 Å². The first kappa shape index (κ1) is 16.6. The monoisotopic (exact) mass is 345 g/mol. The van der Waals surface area contributed by atoms with Gasteiger partial charge in [-0.15, -0.1) is 0 Å². The fourth-order valence-corrected chi connectivity index (χ4v) is 1.80. The fraction of sp³-hybridized carbons (Fsp3) is 0.429. The lowest BCUT2D eigenvalue weighted by molar-refractivity contribution is -0.146. The third-order valence-corrected chi connectivity index (χ3v) is 3.16. The number of methoxy groups -OCH3 is 1. The van der Waals surface area contributed by atoms with Crippen molar-refractivity contribution in [2.24, 2.45) is 5.41 Å². The average Bonchev–Trinajstić information content (AvgIpc) is 2.34. The van der Waals surface area contributed by atoms with Crippen molar-refractivity contribution in [3.63, 3.8) is 0 Å². The number of ether oxygens (including phenoxy) is 1. The number of nitrogens with one attached hydrogen (secondary N) is 1. The second-order valence-corrected chi connectivity index (χ2v) is 6.26. The molecule has 0 aliphatic rings. The van der Waals surface area contributed by atoms with E-state index in [0.29, 0.717) is 4.47 Å². The highest BCUT2D eigenvalue weighted by Gasteiger charge is 2.30. The Morgan fingerprint density at radius 2 is 1.95 bits per heavy atom. The summed E-state index contributed by atoms with van der Waals surface area (Å²) < 4.78 is 19.1. The second-order valence-electron chi connectivity index (χ2n) is 5.35. The van der Waals surface area contributed by atoms with Gasteiger partial charge < -0.3 is 10.1 Å². The number of benzene rings is 1. The Balaban J connectivity index is 3.13. The first-order valence-electron chi connectivity index (χ1n) is 6.00. The SMILES string of the molecule is COC(=O)[C@H](NC(=O)C(C)(C)C)c1ccc(Br)cc1F. The van der Waals surface area contributed by atoms with Gasteiger partial charge in [-0.1, -0.05) is 42.8 Å². The average molecular weight is 346 g/mol. The zero-order valence-electron chi connectivity index (χ0n) is 11.8. The first-order chi connectivity index (χ1) is 9.16.